The van der Waals surface area contributed by atoms with Crippen molar-refractivity contribution in [2.75, 3.05) is 5.73 Å². The number of anilines is 1. The zero-order valence-corrected chi connectivity index (χ0v) is 8.77. The van der Waals surface area contributed by atoms with E-state index in [0.29, 0.717) is 0 Å². The van der Waals surface area contributed by atoms with Crippen molar-refractivity contribution < 1.29 is 0 Å². The van der Waals surface area contributed by atoms with Crippen LogP contribution in [0.5, 0.6) is 0 Å². The van der Waals surface area contributed by atoms with Crippen molar-refractivity contribution in [3.63, 3.8) is 0 Å². The highest BCUT2D eigenvalue weighted by molar-refractivity contribution is 5.66. The average Bonchev–Trinajstić information content (AvgIpc) is 2.65. The van der Waals surface area contributed by atoms with Crippen LogP contribution in [0.2, 0.25) is 0 Å². The van der Waals surface area contributed by atoms with E-state index in [-0.39, 0.29) is 0 Å². The van der Waals surface area contributed by atoms with Gasteiger partial charge in [0.05, 0.1) is 0 Å². The van der Waals surface area contributed by atoms with Crippen LogP contribution in [0.25, 0.3) is 11.8 Å². The lowest BCUT2D eigenvalue weighted by Crippen LogP contribution is -1.97. The molecule has 0 aliphatic rings. The van der Waals surface area contributed by atoms with Gasteiger partial charge >= 0.3 is 0 Å². The highest BCUT2D eigenvalue weighted by atomic mass is 15.0. The molecule has 0 spiro atoms. The molecule has 0 aliphatic heterocycles. The molecule has 0 saturated carbocycles. The van der Waals surface area contributed by atoms with Crippen LogP contribution in [0, 0.1) is 6.92 Å². The van der Waals surface area contributed by atoms with Crippen LogP contribution in [0.15, 0.2) is 43.1 Å². The van der Waals surface area contributed by atoms with Crippen molar-refractivity contribution >= 4 is 11.8 Å². The van der Waals surface area contributed by atoms with E-state index >= 15 is 0 Å². The molecule has 2 nitrogen and oxygen atoms in total. The molecular formula is C13H14N2. The Morgan fingerprint density at radius 1 is 1.33 bits per heavy atom. The molecule has 1 heterocycles. The number of hydrogen-bond donors (Lipinski definition) is 1. The van der Waals surface area contributed by atoms with Gasteiger partial charge in [-0.25, -0.2) is 0 Å². The lowest BCUT2D eigenvalue weighted by molar-refractivity contribution is 1.02. The van der Waals surface area contributed by atoms with Crippen LogP contribution in [-0.2, 0) is 0 Å². The zero-order valence-electron chi connectivity index (χ0n) is 8.77. The fraction of sp³-hybridized carbons (Fsp3) is 0.0769. The summed E-state index contributed by atoms with van der Waals surface area (Å²) in [6.45, 7) is 5.82. The number of benzene rings is 1. The lowest BCUT2D eigenvalue weighted by atomic mass is 10.1. The number of aryl methyl sites for hydroxylation is 1. The molecule has 76 valence electrons. The van der Waals surface area contributed by atoms with Crippen LogP contribution in [-0.4, -0.2) is 4.57 Å². The second kappa shape index (κ2) is 3.65. The first-order valence-electron chi connectivity index (χ1n) is 4.88. The van der Waals surface area contributed by atoms with Gasteiger partial charge in [-0.3, -0.25) is 0 Å². The average molecular weight is 198 g/mol. The summed E-state index contributed by atoms with van der Waals surface area (Å²) < 4.78 is 2.12. The molecule has 2 N–H and O–H groups in total. The Balaban J connectivity index is 2.55. The van der Waals surface area contributed by atoms with Gasteiger partial charge in [-0.2, -0.15) is 0 Å². The maximum atomic E-state index is 5.81. The van der Waals surface area contributed by atoms with Gasteiger partial charge in [-0.1, -0.05) is 12.7 Å². The van der Waals surface area contributed by atoms with Crippen LogP contribution in [0.1, 0.15) is 11.3 Å². The van der Waals surface area contributed by atoms with Crippen LogP contribution < -0.4 is 5.73 Å². The second-order valence-corrected chi connectivity index (χ2v) is 3.54. The minimum absolute atomic E-state index is 0.763. The van der Waals surface area contributed by atoms with Crippen LogP contribution >= 0.6 is 0 Å². The van der Waals surface area contributed by atoms with Crippen molar-refractivity contribution in [2.45, 2.75) is 6.92 Å². The summed E-state index contributed by atoms with van der Waals surface area (Å²) in [5, 5.41) is 0. The van der Waals surface area contributed by atoms with Gasteiger partial charge in [-0.05, 0) is 42.8 Å². The minimum atomic E-state index is 0.763. The van der Waals surface area contributed by atoms with Crippen molar-refractivity contribution in [3.8, 4) is 5.69 Å². The molecule has 0 bridgehead atoms. The van der Waals surface area contributed by atoms with Gasteiger partial charge in [0.15, 0.2) is 0 Å². The van der Waals surface area contributed by atoms with E-state index < -0.39 is 0 Å². The monoisotopic (exact) mass is 198 g/mol. The number of aromatic nitrogens is 1. The Labute approximate surface area is 89.7 Å². The molecule has 0 fully saturated rings. The molecule has 0 saturated heterocycles. The molecule has 0 atom stereocenters. The maximum Gasteiger partial charge on any atom is 0.0459 e. The second-order valence-electron chi connectivity index (χ2n) is 3.54. The topological polar surface area (TPSA) is 30.9 Å². The summed E-state index contributed by atoms with van der Waals surface area (Å²) in [7, 11) is 0. The van der Waals surface area contributed by atoms with Crippen molar-refractivity contribution in [3.05, 3.63) is 54.4 Å². The molecule has 1 aromatic carbocycles. The Bertz CT molecular complexity index is 495. The van der Waals surface area contributed by atoms with E-state index in [2.05, 4.69) is 24.1 Å². The van der Waals surface area contributed by atoms with Gasteiger partial charge in [0.25, 0.3) is 0 Å². The first-order valence-corrected chi connectivity index (χ1v) is 4.88. The largest absolute Gasteiger partial charge is 0.398 e. The highest BCUT2D eigenvalue weighted by Crippen LogP contribution is 2.19. The van der Waals surface area contributed by atoms with E-state index in [1.54, 1.807) is 6.08 Å². The van der Waals surface area contributed by atoms with E-state index in [4.69, 9.17) is 5.73 Å². The Kier molecular flexibility index (Phi) is 2.34. The van der Waals surface area contributed by atoms with E-state index in [1.807, 2.05) is 30.5 Å². The molecule has 15 heavy (non-hydrogen) atoms. The number of nitrogens with zero attached hydrogens (tertiary/aromatic N) is 1. The van der Waals surface area contributed by atoms with E-state index in [9.17, 15) is 0 Å². The van der Waals surface area contributed by atoms with Crippen molar-refractivity contribution in [2.24, 2.45) is 0 Å². The fourth-order valence-electron chi connectivity index (χ4n) is 1.64. The third kappa shape index (κ3) is 1.66. The van der Waals surface area contributed by atoms with Gasteiger partial charge in [0, 0.05) is 23.3 Å². The van der Waals surface area contributed by atoms with Gasteiger partial charge in [0.2, 0.25) is 0 Å². The summed E-state index contributed by atoms with van der Waals surface area (Å²) in [6, 6.07) is 10.1. The molecule has 0 unspecified atom stereocenters. The predicted molar refractivity (Wildman–Crippen MR) is 65.0 cm³/mol. The SMILES string of the molecule is C=Cc1cc(-n2cccc2C)ccc1N. The summed E-state index contributed by atoms with van der Waals surface area (Å²) >= 11 is 0. The van der Waals surface area contributed by atoms with Gasteiger partial charge in [0.1, 0.15) is 0 Å². The Morgan fingerprint density at radius 3 is 2.73 bits per heavy atom. The maximum absolute atomic E-state index is 5.81. The normalized spacial score (nSPS) is 10.2. The first kappa shape index (κ1) is 9.59. The minimum Gasteiger partial charge on any atom is -0.398 e. The molecule has 2 heteroatoms. The fourth-order valence-corrected chi connectivity index (χ4v) is 1.64. The summed E-state index contributed by atoms with van der Waals surface area (Å²) in [5.74, 6) is 0. The standard InChI is InChI=1S/C13H14N2/c1-3-11-9-12(6-7-13(11)14)15-8-4-5-10(15)2/h3-9H,1,14H2,2H3. The number of nitrogen functional groups attached to an aromatic ring is 1. The van der Waals surface area contributed by atoms with Crippen molar-refractivity contribution in [1.29, 1.82) is 0 Å². The summed E-state index contributed by atoms with van der Waals surface area (Å²) in [6.07, 6.45) is 3.81. The van der Waals surface area contributed by atoms with Crippen LogP contribution in [0.4, 0.5) is 5.69 Å². The zero-order chi connectivity index (χ0) is 10.8. The summed E-state index contributed by atoms with van der Waals surface area (Å²) in [4.78, 5) is 0. The summed E-state index contributed by atoms with van der Waals surface area (Å²) in [5.41, 5.74) is 9.86. The molecule has 0 aliphatic carbocycles. The predicted octanol–water partition coefficient (Wildman–Crippen LogP) is 3.01. The molecule has 0 radical (unpaired) electrons. The van der Waals surface area contributed by atoms with E-state index in [1.165, 1.54) is 5.69 Å². The van der Waals surface area contributed by atoms with E-state index in [0.717, 1.165) is 16.9 Å². The van der Waals surface area contributed by atoms with Gasteiger partial charge in [-0.15, -0.1) is 0 Å². The van der Waals surface area contributed by atoms with Crippen molar-refractivity contribution in [1.82, 2.24) is 4.57 Å². The number of nitrogens with two attached hydrogens (primary N) is 1. The molecule has 2 rings (SSSR count). The van der Waals surface area contributed by atoms with Gasteiger partial charge < -0.3 is 10.3 Å². The lowest BCUT2D eigenvalue weighted by Gasteiger charge is -2.08. The molecular weight excluding hydrogens is 184 g/mol. The quantitative estimate of drug-likeness (QED) is 0.739. The molecule has 2 aromatic rings. The third-order valence-electron chi connectivity index (χ3n) is 2.52. The highest BCUT2D eigenvalue weighted by Gasteiger charge is 2.01. The third-order valence-corrected chi connectivity index (χ3v) is 2.52. The Hall–Kier alpha value is -1.96. The van der Waals surface area contributed by atoms with Crippen LogP contribution in [0.3, 0.4) is 0 Å². The molecule has 0 amide bonds. The molecule has 1 aromatic heterocycles. The number of rotatable bonds is 2. The number of hydrogen-bond acceptors (Lipinski definition) is 1. The Morgan fingerprint density at radius 2 is 2.13 bits per heavy atom. The first-order chi connectivity index (χ1) is 7.22. The smallest absolute Gasteiger partial charge is 0.0459 e.